The Kier molecular flexibility index (Phi) is 7.19. The predicted octanol–water partition coefficient (Wildman–Crippen LogP) is 3.97. The van der Waals surface area contributed by atoms with Crippen molar-refractivity contribution < 1.29 is 19.1 Å². The number of hydrogen-bond donors (Lipinski definition) is 2. The van der Waals surface area contributed by atoms with Gasteiger partial charge in [-0.15, -0.1) is 0 Å². The molecule has 2 aromatic heterocycles. The number of hydrogen-bond acceptors (Lipinski definition) is 8. The minimum Gasteiger partial charge on any atom is -0.439 e. The third-order valence-corrected chi connectivity index (χ3v) is 8.64. The van der Waals surface area contributed by atoms with Crippen LogP contribution in [0.4, 0.5) is 16.2 Å². The molecular formula is C29H27N7O4S. The van der Waals surface area contributed by atoms with Crippen molar-refractivity contribution in [2.24, 2.45) is 0 Å². The van der Waals surface area contributed by atoms with Crippen molar-refractivity contribution in [2.45, 2.75) is 48.5 Å². The summed E-state index contributed by atoms with van der Waals surface area (Å²) in [7, 11) is 0. The van der Waals surface area contributed by atoms with Gasteiger partial charge < -0.3 is 20.3 Å². The molecule has 11 nitrogen and oxygen atoms in total. The van der Waals surface area contributed by atoms with Crippen LogP contribution in [-0.2, 0) is 9.59 Å². The van der Waals surface area contributed by atoms with Crippen LogP contribution in [0.25, 0.3) is 0 Å². The van der Waals surface area contributed by atoms with E-state index in [1.807, 2.05) is 43.3 Å². The van der Waals surface area contributed by atoms with Crippen LogP contribution < -0.4 is 20.3 Å². The number of nitriles is 1. The summed E-state index contributed by atoms with van der Waals surface area (Å²) in [5, 5.41) is 15.0. The number of para-hydroxylation sites is 1. The van der Waals surface area contributed by atoms with E-state index in [4.69, 9.17) is 10.00 Å². The number of aryl methyl sites for hydroxylation is 1. The van der Waals surface area contributed by atoms with Crippen molar-refractivity contribution in [3.63, 3.8) is 0 Å². The largest absolute Gasteiger partial charge is 0.439 e. The summed E-state index contributed by atoms with van der Waals surface area (Å²) in [6.45, 7) is 2.75. The summed E-state index contributed by atoms with van der Waals surface area (Å²) in [5.74, 6) is 0.619. The molecule has 0 bridgehead atoms. The second-order valence-electron chi connectivity index (χ2n) is 10.0. The molecule has 1 saturated heterocycles. The summed E-state index contributed by atoms with van der Waals surface area (Å²) in [4.78, 5) is 51.5. The molecular weight excluding hydrogens is 542 g/mol. The van der Waals surface area contributed by atoms with Crippen LogP contribution in [-0.4, -0.2) is 57.1 Å². The zero-order chi connectivity index (χ0) is 28.5. The zero-order valence-electron chi connectivity index (χ0n) is 22.2. The van der Waals surface area contributed by atoms with Crippen LogP contribution in [0.5, 0.6) is 11.6 Å². The third kappa shape index (κ3) is 5.16. The molecule has 1 aromatic carbocycles. The maximum atomic E-state index is 13.5. The van der Waals surface area contributed by atoms with Crippen molar-refractivity contribution in [1.29, 1.82) is 5.26 Å². The average Bonchev–Trinajstić information content (AvgIpc) is 3.34. The number of aromatic nitrogens is 2. The average molecular weight is 570 g/mol. The Hall–Kier alpha value is -4.63. The number of benzene rings is 1. The van der Waals surface area contributed by atoms with Crippen molar-refractivity contribution >= 4 is 41.0 Å². The minimum atomic E-state index is -0.615. The molecule has 3 atom stereocenters. The van der Waals surface area contributed by atoms with E-state index >= 15 is 0 Å². The maximum Gasteiger partial charge on any atom is 0.327 e. The highest BCUT2D eigenvalue weighted by molar-refractivity contribution is 8.01. The van der Waals surface area contributed by atoms with Gasteiger partial charge in [-0.3, -0.25) is 14.5 Å². The normalized spacial score (nSPS) is 21.0. The number of urea groups is 1. The molecule has 1 fully saturated rings. The van der Waals surface area contributed by atoms with E-state index in [1.165, 1.54) is 11.8 Å². The van der Waals surface area contributed by atoms with Crippen molar-refractivity contribution in [1.82, 2.24) is 25.5 Å². The van der Waals surface area contributed by atoms with Crippen LogP contribution in [0.3, 0.4) is 0 Å². The maximum absolute atomic E-state index is 13.5. The summed E-state index contributed by atoms with van der Waals surface area (Å²) in [6.07, 6.45) is 2.94. The monoisotopic (exact) mass is 569 g/mol. The molecule has 0 radical (unpaired) electrons. The number of rotatable bonds is 6. The molecule has 5 heterocycles. The predicted molar refractivity (Wildman–Crippen MR) is 151 cm³/mol. The smallest absolute Gasteiger partial charge is 0.327 e. The number of anilines is 2. The lowest BCUT2D eigenvalue weighted by molar-refractivity contribution is -0.132. The van der Waals surface area contributed by atoms with Crippen LogP contribution in [0, 0.1) is 18.3 Å². The minimum absolute atomic E-state index is 0.175. The molecule has 3 aromatic rings. The molecule has 2 unspecified atom stereocenters. The highest BCUT2D eigenvalue weighted by atomic mass is 32.2. The van der Waals surface area contributed by atoms with Gasteiger partial charge in [0.15, 0.2) is 0 Å². The van der Waals surface area contributed by atoms with Gasteiger partial charge in [-0.2, -0.15) is 5.26 Å². The van der Waals surface area contributed by atoms with Gasteiger partial charge in [0.2, 0.25) is 17.7 Å². The Labute approximate surface area is 240 Å². The fraction of sp³-hybridized carbons (Fsp3) is 0.310. The van der Waals surface area contributed by atoms with E-state index < -0.39 is 11.3 Å². The fourth-order valence-electron chi connectivity index (χ4n) is 5.48. The second kappa shape index (κ2) is 11.1. The number of thioether (sulfide) groups is 1. The molecule has 41 heavy (non-hydrogen) atoms. The molecule has 12 heteroatoms. The molecule has 2 N–H and O–H groups in total. The number of pyridine rings is 2. The quantitative estimate of drug-likeness (QED) is 0.454. The first-order valence-corrected chi connectivity index (χ1v) is 14.2. The topological polar surface area (TPSA) is 141 Å². The Morgan fingerprint density at radius 1 is 1.20 bits per heavy atom. The van der Waals surface area contributed by atoms with Crippen molar-refractivity contribution in [2.75, 3.05) is 18.0 Å². The van der Waals surface area contributed by atoms with Gasteiger partial charge in [0.05, 0.1) is 29.2 Å². The summed E-state index contributed by atoms with van der Waals surface area (Å²) < 4.78 is 5.85. The number of carbonyl (C=O) groups is 3. The summed E-state index contributed by atoms with van der Waals surface area (Å²) >= 11 is 1.32. The zero-order valence-corrected chi connectivity index (χ0v) is 23.1. The van der Waals surface area contributed by atoms with E-state index in [-0.39, 0.29) is 30.3 Å². The first-order valence-electron chi connectivity index (χ1n) is 13.3. The highest BCUT2D eigenvalue weighted by Gasteiger charge is 2.47. The molecule has 0 spiro atoms. The van der Waals surface area contributed by atoms with E-state index in [0.29, 0.717) is 46.8 Å². The molecule has 0 saturated carbocycles. The van der Waals surface area contributed by atoms with Gasteiger partial charge >= 0.3 is 6.03 Å². The lowest BCUT2D eigenvalue weighted by atomic mass is 9.99. The van der Waals surface area contributed by atoms with E-state index in [9.17, 15) is 14.4 Å². The van der Waals surface area contributed by atoms with Crippen LogP contribution in [0.1, 0.15) is 36.6 Å². The first-order chi connectivity index (χ1) is 19.9. The van der Waals surface area contributed by atoms with Gasteiger partial charge in [-0.05, 0) is 44.0 Å². The van der Waals surface area contributed by atoms with Gasteiger partial charge in [0.25, 0.3) is 0 Å². The van der Waals surface area contributed by atoms with Crippen LogP contribution >= 0.6 is 11.8 Å². The number of nitrogens with zero attached hydrogens (tertiary/aromatic N) is 5. The second-order valence-corrected chi connectivity index (χ2v) is 11.2. The molecule has 208 valence electrons. The Morgan fingerprint density at radius 2 is 2.02 bits per heavy atom. The van der Waals surface area contributed by atoms with Crippen LogP contribution in [0.2, 0.25) is 0 Å². The number of likely N-dealkylation sites (tertiary alicyclic amines) is 1. The number of nitrogens with one attached hydrogen (secondary N) is 2. The van der Waals surface area contributed by atoms with Crippen molar-refractivity contribution in [3.05, 3.63) is 66.0 Å². The Morgan fingerprint density at radius 3 is 2.80 bits per heavy atom. The molecule has 0 aliphatic carbocycles. The van der Waals surface area contributed by atoms with E-state index in [0.717, 1.165) is 18.4 Å². The number of carbonyl (C=O) groups excluding carboxylic acids is 3. The Balaban J connectivity index is 1.21. The van der Waals surface area contributed by atoms with E-state index in [1.54, 1.807) is 34.2 Å². The lowest BCUT2D eigenvalue weighted by Gasteiger charge is -2.36. The van der Waals surface area contributed by atoms with Gasteiger partial charge in [-0.25, -0.2) is 14.8 Å². The molecule has 3 aliphatic rings. The van der Waals surface area contributed by atoms with Gasteiger partial charge in [-0.1, -0.05) is 30.0 Å². The fourth-order valence-corrected chi connectivity index (χ4v) is 6.72. The highest BCUT2D eigenvalue weighted by Crippen LogP contribution is 2.51. The van der Waals surface area contributed by atoms with Crippen molar-refractivity contribution in [3.8, 4) is 17.7 Å². The molecule has 3 aliphatic heterocycles. The number of piperidine rings is 1. The SMILES string of the molecule is Cc1nc(Oc2ccccc2)ccc1N1C(=O)NC2c3c1ccnc3S[C@H]2C(=O)NC1CCCN(C(=O)CC#N)C1. The summed E-state index contributed by atoms with van der Waals surface area (Å²) in [6, 6.07) is 15.4. The Bertz CT molecular complexity index is 1560. The first kappa shape index (κ1) is 26.6. The van der Waals surface area contributed by atoms with Gasteiger partial charge in [0.1, 0.15) is 22.4 Å². The molecule has 6 rings (SSSR count). The van der Waals surface area contributed by atoms with E-state index in [2.05, 4.69) is 20.6 Å². The van der Waals surface area contributed by atoms with Gasteiger partial charge in [0, 0.05) is 37.0 Å². The lowest BCUT2D eigenvalue weighted by Crippen LogP contribution is -2.53. The standard InChI is InChI=1S/C29H27N7O4S/c1-17-20(9-10-22(32-17)40-19-7-3-2-4-8-19)36-21-12-14-31-28-24(21)25(34-29(36)39)26(41-28)27(38)33-18-6-5-15-35(16-18)23(37)11-13-30/h2-4,7-10,12,14,18,25-26H,5-6,11,15-16H2,1H3,(H,33,38)(H,34,39)/t18?,25?,26-/m1/s1. The molecule has 4 amide bonds. The third-order valence-electron chi connectivity index (χ3n) is 7.35. The number of amides is 4. The van der Waals surface area contributed by atoms with Crippen LogP contribution in [0.15, 0.2) is 59.8 Å². The number of ether oxygens (including phenoxy) is 1. The summed E-state index contributed by atoms with van der Waals surface area (Å²) in [5.41, 5.74) is 2.64.